The second-order valence-electron chi connectivity index (χ2n) is 4.39. The third-order valence-corrected chi connectivity index (χ3v) is 3.35. The number of hydrogen-bond donors (Lipinski definition) is 1. The van der Waals surface area contributed by atoms with E-state index in [1.54, 1.807) is 6.92 Å². The van der Waals surface area contributed by atoms with Gasteiger partial charge in [-0.25, -0.2) is 4.39 Å². The molecular formula is C15H14BrFO2. The molecule has 2 rings (SSSR count). The summed E-state index contributed by atoms with van der Waals surface area (Å²) >= 11 is 3.42. The third kappa shape index (κ3) is 3.33. The highest BCUT2D eigenvalue weighted by atomic mass is 79.9. The van der Waals surface area contributed by atoms with Gasteiger partial charge in [0.1, 0.15) is 17.3 Å². The average molecular weight is 325 g/mol. The Labute approximate surface area is 120 Å². The van der Waals surface area contributed by atoms with Gasteiger partial charge in [0.05, 0.1) is 10.6 Å². The van der Waals surface area contributed by atoms with E-state index in [9.17, 15) is 9.50 Å². The first-order valence-corrected chi connectivity index (χ1v) is 6.68. The lowest BCUT2D eigenvalue weighted by Crippen LogP contribution is -1.97. The molecule has 0 aliphatic carbocycles. The highest BCUT2D eigenvalue weighted by Gasteiger charge is 2.12. The van der Waals surface area contributed by atoms with Gasteiger partial charge in [-0.05, 0) is 65.7 Å². The summed E-state index contributed by atoms with van der Waals surface area (Å²) in [4.78, 5) is 0. The number of halogens is 2. The molecule has 0 fully saturated rings. The average Bonchev–Trinajstić information content (AvgIpc) is 2.34. The second-order valence-corrected chi connectivity index (χ2v) is 5.25. The molecule has 0 amide bonds. The van der Waals surface area contributed by atoms with Crippen molar-refractivity contribution in [1.29, 1.82) is 0 Å². The molecule has 2 nitrogen and oxygen atoms in total. The molecule has 0 spiro atoms. The van der Waals surface area contributed by atoms with Crippen LogP contribution in [0.15, 0.2) is 40.9 Å². The van der Waals surface area contributed by atoms with Gasteiger partial charge < -0.3 is 9.84 Å². The smallest absolute Gasteiger partial charge is 0.141 e. The maximum Gasteiger partial charge on any atom is 0.141 e. The lowest BCUT2D eigenvalue weighted by atomic mass is 10.1. The number of benzene rings is 2. The summed E-state index contributed by atoms with van der Waals surface area (Å²) in [5.74, 6) is 0.672. The van der Waals surface area contributed by atoms with Crippen LogP contribution in [0.25, 0.3) is 0 Å². The predicted octanol–water partition coefficient (Wildman–Crippen LogP) is 4.74. The van der Waals surface area contributed by atoms with Crippen molar-refractivity contribution in [3.05, 3.63) is 57.8 Å². The number of aliphatic hydroxyl groups excluding tert-OH is 1. The van der Waals surface area contributed by atoms with Crippen molar-refractivity contribution in [2.24, 2.45) is 0 Å². The Balaban J connectivity index is 2.38. The maximum atomic E-state index is 13.2. The molecule has 0 aliphatic heterocycles. The van der Waals surface area contributed by atoms with Gasteiger partial charge in [0, 0.05) is 5.56 Å². The zero-order chi connectivity index (χ0) is 14.0. The minimum atomic E-state index is -0.796. The first-order chi connectivity index (χ1) is 8.97. The highest BCUT2D eigenvalue weighted by molar-refractivity contribution is 9.10. The zero-order valence-electron chi connectivity index (χ0n) is 10.7. The molecule has 0 bridgehead atoms. The maximum absolute atomic E-state index is 13.2. The van der Waals surface area contributed by atoms with Crippen LogP contribution < -0.4 is 4.74 Å². The van der Waals surface area contributed by atoms with Crippen LogP contribution in [0.4, 0.5) is 4.39 Å². The van der Waals surface area contributed by atoms with Gasteiger partial charge in [0.15, 0.2) is 0 Å². The van der Waals surface area contributed by atoms with Crippen LogP contribution >= 0.6 is 15.9 Å². The minimum Gasteiger partial charge on any atom is -0.456 e. The molecule has 0 aliphatic rings. The molecule has 4 heteroatoms. The van der Waals surface area contributed by atoms with Crippen LogP contribution in [0.2, 0.25) is 0 Å². The van der Waals surface area contributed by atoms with E-state index in [4.69, 9.17) is 4.74 Å². The van der Waals surface area contributed by atoms with Gasteiger partial charge in [-0.15, -0.1) is 0 Å². The Morgan fingerprint density at radius 2 is 1.84 bits per heavy atom. The molecule has 0 heterocycles. The van der Waals surface area contributed by atoms with E-state index in [1.165, 1.54) is 18.2 Å². The van der Waals surface area contributed by atoms with E-state index in [0.717, 1.165) is 10.0 Å². The molecule has 2 aromatic rings. The van der Waals surface area contributed by atoms with Gasteiger partial charge in [-0.1, -0.05) is 6.07 Å². The molecule has 1 N–H and O–H groups in total. The van der Waals surface area contributed by atoms with E-state index in [2.05, 4.69) is 15.9 Å². The summed E-state index contributed by atoms with van der Waals surface area (Å²) in [6.07, 6.45) is -0.796. The number of aliphatic hydroxyl groups is 1. The summed E-state index contributed by atoms with van der Waals surface area (Å²) in [6.45, 7) is 3.56. The van der Waals surface area contributed by atoms with Crippen molar-refractivity contribution < 1.29 is 14.2 Å². The van der Waals surface area contributed by atoms with Crippen molar-refractivity contribution in [1.82, 2.24) is 0 Å². The van der Waals surface area contributed by atoms with E-state index >= 15 is 0 Å². The van der Waals surface area contributed by atoms with Crippen molar-refractivity contribution in [2.75, 3.05) is 0 Å². The number of hydrogen-bond acceptors (Lipinski definition) is 2. The van der Waals surface area contributed by atoms with Crippen LogP contribution in [0.5, 0.6) is 11.5 Å². The Hall–Kier alpha value is -1.39. The van der Waals surface area contributed by atoms with Crippen LogP contribution in [-0.4, -0.2) is 5.11 Å². The quantitative estimate of drug-likeness (QED) is 0.883. The summed E-state index contributed by atoms with van der Waals surface area (Å²) < 4.78 is 19.8. The topological polar surface area (TPSA) is 29.5 Å². The first kappa shape index (κ1) is 14.0. The van der Waals surface area contributed by atoms with Crippen LogP contribution in [0.3, 0.4) is 0 Å². The molecular weight excluding hydrogens is 311 g/mol. The monoisotopic (exact) mass is 324 g/mol. The molecule has 19 heavy (non-hydrogen) atoms. The van der Waals surface area contributed by atoms with Gasteiger partial charge >= 0.3 is 0 Å². The molecule has 2 aromatic carbocycles. The van der Waals surface area contributed by atoms with Crippen molar-refractivity contribution in [3.63, 3.8) is 0 Å². The van der Waals surface area contributed by atoms with E-state index in [-0.39, 0.29) is 0 Å². The Bertz CT molecular complexity index is 597. The van der Waals surface area contributed by atoms with Crippen molar-refractivity contribution in [2.45, 2.75) is 20.0 Å². The summed E-state index contributed by atoms with van der Waals surface area (Å²) in [7, 11) is 0. The fraction of sp³-hybridized carbons (Fsp3) is 0.200. The molecule has 0 unspecified atom stereocenters. The lowest BCUT2D eigenvalue weighted by Gasteiger charge is -2.14. The third-order valence-electron chi connectivity index (χ3n) is 2.73. The molecule has 100 valence electrons. The summed E-state index contributed by atoms with van der Waals surface area (Å²) in [6, 6.07) is 9.79. The second kappa shape index (κ2) is 5.72. The van der Waals surface area contributed by atoms with E-state index in [1.807, 2.05) is 25.1 Å². The Morgan fingerprint density at radius 3 is 2.47 bits per heavy atom. The molecule has 0 radical (unpaired) electrons. The van der Waals surface area contributed by atoms with Gasteiger partial charge in [-0.2, -0.15) is 0 Å². The van der Waals surface area contributed by atoms with Gasteiger partial charge in [0.25, 0.3) is 0 Å². The molecule has 0 aromatic heterocycles. The predicted molar refractivity (Wildman–Crippen MR) is 76.0 cm³/mol. The van der Waals surface area contributed by atoms with Crippen molar-refractivity contribution in [3.8, 4) is 11.5 Å². The fourth-order valence-electron chi connectivity index (χ4n) is 1.75. The Kier molecular flexibility index (Phi) is 4.22. The van der Waals surface area contributed by atoms with Crippen LogP contribution in [0, 0.1) is 12.7 Å². The summed E-state index contributed by atoms with van der Waals surface area (Å²) in [5, 5.41) is 9.66. The van der Waals surface area contributed by atoms with Crippen LogP contribution in [0.1, 0.15) is 24.2 Å². The molecule has 1 atom stereocenters. The number of rotatable bonds is 3. The number of ether oxygens (including phenoxy) is 1. The van der Waals surface area contributed by atoms with Gasteiger partial charge in [0.2, 0.25) is 0 Å². The molecule has 0 saturated heterocycles. The zero-order valence-corrected chi connectivity index (χ0v) is 12.2. The fourth-order valence-corrected chi connectivity index (χ4v) is 2.32. The van der Waals surface area contributed by atoms with Gasteiger partial charge in [-0.3, -0.25) is 0 Å². The standard InChI is InChI=1S/C15H14BrFO2/c1-9-3-5-15(13(16)7-9)19-14-6-4-11(17)8-12(14)10(2)18/h3-8,10,18H,1-2H3/t10-/m1/s1. The van der Waals surface area contributed by atoms with E-state index < -0.39 is 11.9 Å². The summed E-state index contributed by atoms with van der Waals surface area (Å²) in [5.41, 5.74) is 1.53. The first-order valence-electron chi connectivity index (χ1n) is 5.89. The largest absolute Gasteiger partial charge is 0.456 e. The van der Waals surface area contributed by atoms with Crippen molar-refractivity contribution >= 4 is 15.9 Å². The minimum absolute atomic E-state index is 0.397. The normalized spacial score (nSPS) is 12.3. The Morgan fingerprint density at radius 1 is 1.16 bits per heavy atom. The SMILES string of the molecule is Cc1ccc(Oc2ccc(F)cc2[C@@H](C)O)c(Br)c1. The van der Waals surface area contributed by atoms with E-state index in [0.29, 0.717) is 17.1 Å². The number of aryl methyl sites for hydroxylation is 1. The lowest BCUT2D eigenvalue weighted by molar-refractivity contribution is 0.195. The van der Waals surface area contributed by atoms with Crippen LogP contribution in [-0.2, 0) is 0 Å². The highest BCUT2D eigenvalue weighted by Crippen LogP contribution is 2.34. The molecule has 0 saturated carbocycles.